The molecule has 0 atom stereocenters. The van der Waals surface area contributed by atoms with Crippen LogP contribution in [0.2, 0.25) is 6.04 Å². The molecule has 0 amide bonds. The molecule has 0 radical (unpaired) electrons. The Morgan fingerprint density at radius 3 is 2.26 bits per heavy atom. The van der Waals surface area contributed by atoms with Crippen LogP contribution >= 0.6 is 0 Å². The predicted molar refractivity (Wildman–Crippen MR) is 67.0 cm³/mol. The number of halogens is 3. The molecule has 0 aliphatic rings. The van der Waals surface area contributed by atoms with E-state index in [4.69, 9.17) is 10.2 Å². The van der Waals surface area contributed by atoms with E-state index in [1.165, 1.54) is 12.1 Å². The zero-order chi connectivity index (χ0) is 14.3. The number of aryl methyl sites for hydroxylation is 1. The Morgan fingerprint density at radius 2 is 1.74 bits per heavy atom. The first-order chi connectivity index (χ1) is 8.89. The van der Waals surface area contributed by atoms with Crippen LogP contribution in [0.4, 0.5) is 13.2 Å². The molecule has 0 aromatic heterocycles. The molecule has 1 aromatic carbocycles. The SMILES string of the molecule is OC(O)O[SiH2]CCCCc1ccc(C(F)(F)F)cc1. The second-order valence-electron chi connectivity index (χ2n) is 4.20. The van der Waals surface area contributed by atoms with Crippen LogP contribution in [-0.2, 0) is 17.0 Å². The molecular formula is C12H17F3O3Si. The number of unbranched alkanes of at least 4 members (excludes halogenated alkanes) is 1. The smallest absolute Gasteiger partial charge is 0.379 e. The van der Waals surface area contributed by atoms with Crippen molar-refractivity contribution < 1.29 is 27.8 Å². The van der Waals surface area contributed by atoms with Gasteiger partial charge in [-0.2, -0.15) is 13.2 Å². The van der Waals surface area contributed by atoms with Crippen LogP contribution in [-0.4, -0.2) is 26.5 Å². The first kappa shape index (κ1) is 16.2. The van der Waals surface area contributed by atoms with Crippen LogP contribution in [0.15, 0.2) is 24.3 Å². The number of hydrogen-bond donors (Lipinski definition) is 2. The first-order valence-corrected chi connectivity index (χ1v) is 7.61. The van der Waals surface area contributed by atoms with E-state index >= 15 is 0 Å². The van der Waals surface area contributed by atoms with Crippen LogP contribution in [0.25, 0.3) is 0 Å². The molecule has 0 heterocycles. The van der Waals surface area contributed by atoms with E-state index in [1.807, 2.05) is 0 Å². The average Bonchev–Trinajstić information content (AvgIpc) is 2.32. The Labute approximate surface area is 112 Å². The average molecular weight is 294 g/mol. The maximum Gasteiger partial charge on any atom is 0.416 e. The second-order valence-corrected chi connectivity index (χ2v) is 5.65. The van der Waals surface area contributed by atoms with Crippen molar-refractivity contribution in [3.8, 4) is 0 Å². The van der Waals surface area contributed by atoms with Crippen molar-refractivity contribution in [3.05, 3.63) is 35.4 Å². The molecule has 3 nitrogen and oxygen atoms in total. The van der Waals surface area contributed by atoms with E-state index in [-0.39, 0.29) is 0 Å². The van der Waals surface area contributed by atoms with Gasteiger partial charge < -0.3 is 14.6 Å². The number of aliphatic hydroxyl groups excluding tert-OH is 1. The maximum absolute atomic E-state index is 12.3. The van der Waals surface area contributed by atoms with Gasteiger partial charge >= 0.3 is 6.18 Å². The molecule has 1 aromatic rings. The summed E-state index contributed by atoms with van der Waals surface area (Å²) < 4.78 is 41.7. The molecule has 0 unspecified atom stereocenters. The molecule has 7 heteroatoms. The molecule has 0 saturated heterocycles. The van der Waals surface area contributed by atoms with Crippen LogP contribution < -0.4 is 0 Å². The fraction of sp³-hybridized carbons (Fsp3) is 0.500. The summed E-state index contributed by atoms with van der Waals surface area (Å²) in [6, 6.07) is 5.99. The van der Waals surface area contributed by atoms with Crippen molar-refractivity contribution >= 4 is 9.76 Å². The summed E-state index contributed by atoms with van der Waals surface area (Å²) >= 11 is 0. The van der Waals surface area contributed by atoms with Gasteiger partial charge in [-0.25, -0.2) is 0 Å². The van der Waals surface area contributed by atoms with E-state index in [1.54, 1.807) is 0 Å². The highest BCUT2D eigenvalue weighted by Crippen LogP contribution is 2.29. The number of alkyl halides is 3. The van der Waals surface area contributed by atoms with Gasteiger partial charge in [0.2, 0.25) is 0 Å². The van der Waals surface area contributed by atoms with Crippen molar-refractivity contribution in [3.63, 3.8) is 0 Å². The van der Waals surface area contributed by atoms with Gasteiger partial charge in [0.05, 0.1) is 5.56 Å². The Morgan fingerprint density at radius 1 is 1.11 bits per heavy atom. The van der Waals surface area contributed by atoms with Gasteiger partial charge in [-0.3, -0.25) is 0 Å². The molecule has 0 saturated carbocycles. The highest BCUT2D eigenvalue weighted by atomic mass is 28.2. The number of aliphatic hydroxyl groups is 2. The van der Waals surface area contributed by atoms with Gasteiger partial charge in [0.15, 0.2) is 9.76 Å². The molecule has 0 aliphatic heterocycles. The number of rotatable bonds is 7. The van der Waals surface area contributed by atoms with Gasteiger partial charge in [0.25, 0.3) is 6.48 Å². The number of hydrogen-bond acceptors (Lipinski definition) is 3. The van der Waals surface area contributed by atoms with Gasteiger partial charge in [-0.15, -0.1) is 0 Å². The summed E-state index contributed by atoms with van der Waals surface area (Å²) in [4.78, 5) is 0. The Hall–Kier alpha value is -0.893. The summed E-state index contributed by atoms with van der Waals surface area (Å²) in [5, 5.41) is 16.9. The Kier molecular flexibility index (Phi) is 6.50. The van der Waals surface area contributed by atoms with E-state index < -0.39 is 28.0 Å². The zero-order valence-corrected chi connectivity index (χ0v) is 11.8. The summed E-state index contributed by atoms with van der Waals surface area (Å²) in [6.07, 6.45) is -1.84. The van der Waals surface area contributed by atoms with Gasteiger partial charge in [-0.05, 0) is 36.6 Å². The van der Waals surface area contributed by atoms with E-state index in [9.17, 15) is 13.2 Å². The third-order valence-corrected chi connectivity index (χ3v) is 3.98. The molecule has 0 bridgehead atoms. The van der Waals surface area contributed by atoms with E-state index in [0.29, 0.717) is 6.42 Å². The summed E-state index contributed by atoms with van der Waals surface area (Å²) in [6.45, 7) is -1.68. The molecule has 1 rings (SSSR count). The quantitative estimate of drug-likeness (QED) is 0.458. The fourth-order valence-electron chi connectivity index (χ4n) is 1.66. The first-order valence-electron chi connectivity index (χ1n) is 6.03. The third kappa shape index (κ3) is 6.72. The lowest BCUT2D eigenvalue weighted by atomic mass is 10.1. The molecule has 0 spiro atoms. The highest BCUT2D eigenvalue weighted by Gasteiger charge is 2.29. The minimum Gasteiger partial charge on any atom is -0.379 e. The lowest BCUT2D eigenvalue weighted by Gasteiger charge is -2.08. The highest BCUT2D eigenvalue weighted by molar-refractivity contribution is 6.26. The van der Waals surface area contributed by atoms with Gasteiger partial charge in [0, 0.05) is 0 Å². The molecule has 0 aliphatic carbocycles. The van der Waals surface area contributed by atoms with E-state index in [2.05, 4.69) is 4.43 Å². The summed E-state index contributed by atoms with van der Waals surface area (Å²) in [5.74, 6) is 0. The molecule has 2 N–H and O–H groups in total. The van der Waals surface area contributed by atoms with Crippen molar-refractivity contribution in [2.75, 3.05) is 0 Å². The van der Waals surface area contributed by atoms with Gasteiger partial charge in [-0.1, -0.05) is 18.6 Å². The molecule has 0 fully saturated rings. The van der Waals surface area contributed by atoms with Gasteiger partial charge in [0.1, 0.15) is 0 Å². The van der Waals surface area contributed by atoms with Crippen LogP contribution in [0.3, 0.4) is 0 Å². The monoisotopic (exact) mass is 294 g/mol. The maximum atomic E-state index is 12.3. The lowest BCUT2D eigenvalue weighted by Crippen LogP contribution is -2.13. The second kappa shape index (κ2) is 7.64. The normalized spacial score (nSPS) is 12.7. The third-order valence-electron chi connectivity index (χ3n) is 2.66. The van der Waals surface area contributed by atoms with Crippen molar-refractivity contribution in [1.29, 1.82) is 0 Å². The Bertz CT molecular complexity index is 365. The summed E-state index contributed by atoms with van der Waals surface area (Å²) in [5.41, 5.74) is 0.242. The topological polar surface area (TPSA) is 49.7 Å². The Balaban J connectivity index is 2.23. The molecule has 108 valence electrons. The predicted octanol–water partition coefficient (Wildman–Crippen LogP) is 1.81. The molecular weight excluding hydrogens is 277 g/mol. The lowest BCUT2D eigenvalue weighted by molar-refractivity contribution is -0.180. The minimum atomic E-state index is -4.29. The van der Waals surface area contributed by atoms with Crippen molar-refractivity contribution in [2.45, 2.75) is 38.0 Å². The standard InChI is InChI=1S/C12H17F3O3Si/c13-12(14,15)10-6-4-9(5-7-10)3-1-2-8-19-18-11(16)17/h4-7,11,16-17H,1-3,8,19H2. The van der Waals surface area contributed by atoms with Crippen molar-refractivity contribution in [2.24, 2.45) is 0 Å². The summed E-state index contributed by atoms with van der Waals surface area (Å²) in [7, 11) is -0.910. The number of benzene rings is 1. The fourth-order valence-corrected chi connectivity index (χ4v) is 2.59. The van der Waals surface area contributed by atoms with Crippen LogP contribution in [0.5, 0.6) is 0 Å². The minimum absolute atomic E-state index is 0.631. The van der Waals surface area contributed by atoms with Crippen molar-refractivity contribution in [1.82, 2.24) is 0 Å². The zero-order valence-electron chi connectivity index (χ0n) is 10.4. The largest absolute Gasteiger partial charge is 0.416 e. The van der Waals surface area contributed by atoms with E-state index in [0.717, 1.165) is 36.6 Å². The molecule has 19 heavy (non-hydrogen) atoms. The van der Waals surface area contributed by atoms with Crippen LogP contribution in [0, 0.1) is 0 Å². The van der Waals surface area contributed by atoms with Crippen LogP contribution in [0.1, 0.15) is 24.0 Å².